The molecular formula is C50H99N2+. The number of imidazole rings is 1. The van der Waals surface area contributed by atoms with Crippen LogP contribution in [0.15, 0.2) is 12.4 Å². The van der Waals surface area contributed by atoms with Gasteiger partial charge in [-0.1, -0.05) is 252 Å². The zero-order valence-corrected chi connectivity index (χ0v) is 36.7. The van der Waals surface area contributed by atoms with Gasteiger partial charge >= 0.3 is 0 Å². The van der Waals surface area contributed by atoms with E-state index in [2.05, 4.69) is 42.3 Å². The van der Waals surface area contributed by atoms with E-state index in [1.165, 1.54) is 283 Å². The lowest BCUT2D eigenvalue weighted by atomic mass is 10.0. The number of unbranched alkanes of at least 4 members (excludes halogenated alkanes) is 38. The monoisotopic (exact) mass is 728 g/mol. The molecule has 1 rings (SSSR count). The summed E-state index contributed by atoms with van der Waals surface area (Å²) in [7, 11) is 0. The number of aromatic nitrogens is 2. The highest BCUT2D eigenvalue weighted by molar-refractivity contribution is 4.84. The fourth-order valence-corrected chi connectivity index (χ4v) is 8.45. The second kappa shape index (κ2) is 41.4. The third kappa shape index (κ3) is 32.6. The summed E-state index contributed by atoms with van der Waals surface area (Å²) in [5.74, 6) is 1.63. The highest BCUT2D eigenvalue weighted by Gasteiger charge is 2.16. The third-order valence-corrected chi connectivity index (χ3v) is 12.1. The first-order chi connectivity index (χ1) is 25.8. The molecule has 1 heterocycles. The van der Waals surface area contributed by atoms with Crippen LogP contribution in [0.1, 0.15) is 290 Å². The average Bonchev–Trinajstić information content (AvgIpc) is 3.54. The molecule has 0 bridgehead atoms. The van der Waals surface area contributed by atoms with Crippen molar-refractivity contribution >= 4 is 0 Å². The second-order valence-corrected chi connectivity index (χ2v) is 17.3. The summed E-state index contributed by atoms with van der Waals surface area (Å²) in [5, 5.41) is 0. The van der Waals surface area contributed by atoms with Crippen molar-refractivity contribution in [3.63, 3.8) is 0 Å². The Bertz CT molecular complexity index is 796. The first-order valence-corrected chi connectivity index (χ1v) is 24.9. The molecule has 1 aromatic rings. The van der Waals surface area contributed by atoms with E-state index in [0.29, 0.717) is 0 Å². The van der Waals surface area contributed by atoms with Crippen LogP contribution < -0.4 is 4.57 Å². The molecule has 0 N–H and O–H groups in total. The van der Waals surface area contributed by atoms with E-state index >= 15 is 0 Å². The van der Waals surface area contributed by atoms with Crippen LogP contribution in [0.2, 0.25) is 0 Å². The number of rotatable bonds is 44. The molecule has 0 fully saturated rings. The normalized spacial score (nSPS) is 11.7. The molecule has 0 aliphatic rings. The van der Waals surface area contributed by atoms with Crippen molar-refractivity contribution in [2.45, 2.75) is 304 Å². The van der Waals surface area contributed by atoms with Crippen molar-refractivity contribution in [2.75, 3.05) is 0 Å². The van der Waals surface area contributed by atoms with Gasteiger partial charge in [-0.05, 0) is 32.1 Å². The minimum absolute atomic E-state index is 1.23. The van der Waals surface area contributed by atoms with Crippen LogP contribution in [0.4, 0.5) is 0 Å². The Morgan fingerprint density at radius 1 is 0.327 bits per heavy atom. The maximum Gasteiger partial charge on any atom is 0.256 e. The molecule has 0 spiro atoms. The van der Waals surface area contributed by atoms with E-state index in [1.807, 2.05) is 0 Å². The van der Waals surface area contributed by atoms with Crippen molar-refractivity contribution < 1.29 is 4.57 Å². The quantitative estimate of drug-likeness (QED) is 0.0467. The predicted octanol–water partition coefficient (Wildman–Crippen LogP) is 17.4. The minimum atomic E-state index is 1.23. The van der Waals surface area contributed by atoms with Crippen molar-refractivity contribution in [2.24, 2.45) is 0 Å². The summed E-state index contributed by atoms with van der Waals surface area (Å²) >= 11 is 0. The van der Waals surface area contributed by atoms with E-state index in [0.717, 1.165) is 0 Å². The second-order valence-electron chi connectivity index (χ2n) is 17.3. The molecule has 0 saturated carbocycles. The first kappa shape index (κ1) is 49.2. The van der Waals surface area contributed by atoms with E-state index in [1.54, 1.807) is 5.82 Å². The molecule has 0 aliphatic carbocycles. The van der Waals surface area contributed by atoms with Crippen molar-refractivity contribution in [1.82, 2.24) is 4.57 Å². The standard InChI is InChI=1S/C50H99N2/c1-4-7-10-13-16-19-22-25-26-27-29-32-35-38-41-44-47-52-49-48-51(46-43-40-37-34-31-24-21-18-15-12-9-6-3)50(52)45-42-39-36-33-30-28-23-20-17-14-11-8-5-2/h48-49H,4-47H2,1-3H3/q+1. The Balaban J connectivity index is 2.25. The maximum atomic E-state index is 2.66. The van der Waals surface area contributed by atoms with Crippen LogP contribution in [0, 0.1) is 0 Å². The van der Waals surface area contributed by atoms with E-state index in [4.69, 9.17) is 0 Å². The molecule has 0 saturated heterocycles. The zero-order chi connectivity index (χ0) is 37.3. The molecule has 0 aromatic carbocycles. The lowest BCUT2D eigenvalue weighted by Crippen LogP contribution is -2.37. The lowest BCUT2D eigenvalue weighted by molar-refractivity contribution is -0.704. The molecule has 0 aliphatic heterocycles. The highest BCUT2D eigenvalue weighted by Crippen LogP contribution is 2.17. The summed E-state index contributed by atoms with van der Waals surface area (Å²) in [4.78, 5) is 0. The zero-order valence-electron chi connectivity index (χ0n) is 36.7. The highest BCUT2D eigenvalue weighted by atomic mass is 15.1. The Hall–Kier alpha value is -0.790. The third-order valence-electron chi connectivity index (χ3n) is 12.1. The van der Waals surface area contributed by atoms with Gasteiger partial charge in [0.15, 0.2) is 0 Å². The Kier molecular flexibility index (Phi) is 39.2. The minimum Gasteiger partial charge on any atom is -0.234 e. The van der Waals surface area contributed by atoms with Crippen LogP contribution in [0.3, 0.4) is 0 Å². The Labute approximate surface area is 329 Å². The van der Waals surface area contributed by atoms with Gasteiger partial charge in [-0.2, -0.15) is 0 Å². The van der Waals surface area contributed by atoms with E-state index in [9.17, 15) is 0 Å². The maximum absolute atomic E-state index is 2.66. The SMILES string of the molecule is CCCCCCCCCCCCCCCCCC[n+]1ccn(CCCCCCCCCCCCCC)c1CCCCCCCCCCCCCCC. The fourth-order valence-electron chi connectivity index (χ4n) is 8.45. The van der Waals surface area contributed by atoms with Crippen molar-refractivity contribution in [1.29, 1.82) is 0 Å². The van der Waals surface area contributed by atoms with Gasteiger partial charge in [-0.3, -0.25) is 0 Å². The van der Waals surface area contributed by atoms with Gasteiger partial charge < -0.3 is 0 Å². The topological polar surface area (TPSA) is 8.81 Å². The van der Waals surface area contributed by atoms with Crippen LogP contribution in [0.5, 0.6) is 0 Å². The summed E-state index contributed by atoms with van der Waals surface area (Å²) in [5.41, 5.74) is 0. The molecule has 2 heteroatoms. The van der Waals surface area contributed by atoms with Gasteiger partial charge in [0.2, 0.25) is 0 Å². The molecule has 0 radical (unpaired) electrons. The predicted molar refractivity (Wildman–Crippen MR) is 235 cm³/mol. The molecule has 2 nitrogen and oxygen atoms in total. The molecule has 1 aromatic heterocycles. The lowest BCUT2D eigenvalue weighted by Gasteiger charge is -2.07. The Morgan fingerprint density at radius 3 is 0.923 bits per heavy atom. The van der Waals surface area contributed by atoms with Crippen molar-refractivity contribution in [3.05, 3.63) is 18.2 Å². The summed E-state index contributed by atoms with van der Waals surface area (Å²) < 4.78 is 5.31. The number of hydrogen-bond acceptors (Lipinski definition) is 0. The smallest absolute Gasteiger partial charge is 0.234 e. The average molecular weight is 728 g/mol. The molecule has 0 amide bonds. The molecule has 52 heavy (non-hydrogen) atoms. The van der Waals surface area contributed by atoms with Gasteiger partial charge in [-0.25, -0.2) is 9.13 Å². The van der Waals surface area contributed by atoms with Gasteiger partial charge in [0.1, 0.15) is 12.4 Å². The number of nitrogens with zero attached hydrogens (tertiary/aromatic N) is 2. The van der Waals surface area contributed by atoms with Crippen LogP contribution in [0.25, 0.3) is 0 Å². The molecular weight excluding hydrogens is 629 g/mol. The molecule has 0 unspecified atom stereocenters. The van der Waals surface area contributed by atoms with Crippen LogP contribution in [-0.2, 0) is 19.5 Å². The molecule has 308 valence electrons. The van der Waals surface area contributed by atoms with Crippen LogP contribution in [-0.4, -0.2) is 4.57 Å². The Morgan fingerprint density at radius 2 is 0.596 bits per heavy atom. The van der Waals surface area contributed by atoms with Gasteiger partial charge in [0.25, 0.3) is 5.82 Å². The van der Waals surface area contributed by atoms with Crippen molar-refractivity contribution in [3.8, 4) is 0 Å². The van der Waals surface area contributed by atoms with Gasteiger partial charge in [0.05, 0.1) is 13.1 Å². The van der Waals surface area contributed by atoms with E-state index < -0.39 is 0 Å². The van der Waals surface area contributed by atoms with E-state index in [-0.39, 0.29) is 0 Å². The van der Waals surface area contributed by atoms with Crippen LogP contribution >= 0.6 is 0 Å². The summed E-state index contributed by atoms with van der Waals surface area (Å²) in [6.07, 6.45) is 65.3. The van der Waals surface area contributed by atoms with Gasteiger partial charge in [-0.15, -0.1) is 0 Å². The number of hydrogen-bond donors (Lipinski definition) is 0. The van der Waals surface area contributed by atoms with Gasteiger partial charge in [0, 0.05) is 6.42 Å². The fraction of sp³-hybridized carbons (Fsp3) is 0.940. The first-order valence-electron chi connectivity index (χ1n) is 24.9. The number of aryl methyl sites for hydroxylation is 2. The summed E-state index contributed by atoms with van der Waals surface area (Å²) in [6.45, 7) is 9.42. The summed E-state index contributed by atoms with van der Waals surface area (Å²) in [6, 6.07) is 0. The largest absolute Gasteiger partial charge is 0.256 e. The molecule has 0 atom stereocenters.